The fourth-order valence-electron chi connectivity index (χ4n) is 2.45. The highest BCUT2D eigenvalue weighted by molar-refractivity contribution is 5.97. The van der Waals surface area contributed by atoms with Gasteiger partial charge in [-0.25, -0.2) is 0 Å². The molecule has 0 saturated heterocycles. The molecular formula is C13H15NO4. The zero-order valence-corrected chi connectivity index (χ0v) is 9.94. The van der Waals surface area contributed by atoms with Gasteiger partial charge in [-0.1, -0.05) is 12.8 Å². The van der Waals surface area contributed by atoms with Crippen LogP contribution in [0.3, 0.4) is 0 Å². The van der Waals surface area contributed by atoms with Crippen LogP contribution in [0.15, 0.2) is 12.1 Å². The van der Waals surface area contributed by atoms with Crippen molar-refractivity contribution in [3.05, 3.63) is 17.7 Å². The van der Waals surface area contributed by atoms with Crippen LogP contribution in [0.1, 0.15) is 36.0 Å². The van der Waals surface area contributed by atoms with Gasteiger partial charge in [0, 0.05) is 18.2 Å². The number of aromatic hydroxyl groups is 1. The molecule has 3 rings (SSSR count). The zero-order chi connectivity index (χ0) is 12.5. The lowest BCUT2D eigenvalue weighted by Crippen LogP contribution is -2.32. The van der Waals surface area contributed by atoms with Crippen molar-refractivity contribution in [3.63, 3.8) is 0 Å². The lowest BCUT2D eigenvalue weighted by Gasteiger charge is -2.13. The molecule has 0 unspecified atom stereocenters. The highest BCUT2D eigenvalue weighted by Crippen LogP contribution is 2.37. The second kappa shape index (κ2) is 4.40. The van der Waals surface area contributed by atoms with Crippen LogP contribution in [-0.4, -0.2) is 23.8 Å². The molecule has 2 N–H and O–H groups in total. The van der Waals surface area contributed by atoms with Gasteiger partial charge in [-0.2, -0.15) is 0 Å². The molecule has 1 aliphatic heterocycles. The molecule has 96 valence electrons. The van der Waals surface area contributed by atoms with E-state index in [0.29, 0.717) is 11.5 Å². The second-order valence-electron chi connectivity index (χ2n) is 4.68. The van der Waals surface area contributed by atoms with Crippen LogP contribution >= 0.6 is 0 Å². The van der Waals surface area contributed by atoms with E-state index in [1.807, 2.05) is 0 Å². The Morgan fingerprint density at radius 2 is 1.89 bits per heavy atom. The largest absolute Gasteiger partial charge is 0.507 e. The standard InChI is InChI=1S/C13H15NO4/c15-10-6-12-11(17-7-18-12)5-9(10)13(16)14-8-3-1-2-4-8/h5-6,8,15H,1-4,7H2,(H,14,16). The minimum absolute atomic E-state index is 0.0743. The van der Waals surface area contributed by atoms with Crippen LogP contribution in [0.25, 0.3) is 0 Å². The van der Waals surface area contributed by atoms with Gasteiger partial charge in [-0.3, -0.25) is 4.79 Å². The normalized spacial score (nSPS) is 18.0. The number of phenols is 1. The number of carbonyl (C=O) groups is 1. The van der Waals surface area contributed by atoms with Crippen LogP contribution in [-0.2, 0) is 0 Å². The number of nitrogens with one attached hydrogen (secondary N) is 1. The number of benzene rings is 1. The van der Waals surface area contributed by atoms with Crippen molar-refractivity contribution in [2.75, 3.05) is 6.79 Å². The number of hydrogen-bond donors (Lipinski definition) is 2. The van der Waals surface area contributed by atoms with Crippen LogP contribution < -0.4 is 14.8 Å². The van der Waals surface area contributed by atoms with Crippen molar-refractivity contribution in [1.29, 1.82) is 0 Å². The Morgan fingerprint density at radius 3 is 2.61 bits per heavy atom. The number of amides is 1. The molecular weight excluding hydrogens is 234 g/mol. The second-order valence-corrected chi connectivity index (χ2v) is 4.68. The number of fused-ring (bicyclic) bond motifs is 1. The lowest BCUT2D eigenvalue weighted by atomic mass is 10.1. The van der Waals surface area contributed by atoms with Crippen molar-refractivity contribution >= 4 is 5.91 Å². The summed E-state index contributed by atoms with van der Waals surface area (Å²) in [5, 5.41) is 12.8. The fraction of sp³-hybridized carbons (Fsp3) is 0.462. The third-order valence-corrected chi connectivity index (χ3v) is 3.43. The fourth-order valence-corrected chi connectivity index (χ4v) is 2.45. The average molecular weight is 249 g/mol. The van der Waals surface area contributed by atoms with Gasteiger partial charge in [0.1, 0.15) is 5.75 Å². The summed E-state index contributed by atoms with van der Waals surface area (Å²) < 4.78 is 10.3. The van der Waals surface area contributed by atoms with Crippen molar-refractivity contribution in [2.24, 2.45) is 0 Å². The number of carbonyl (C=O) groups excluding carboxylic acids is 1. The molecule has 1 amide bonds. The van der Waals surface area contributed by atoms with Crippen molar-refractivity contribution in [2.45, 2.75) is 31.7 Å². The van der Waals surface area contributed by atoms with Crippen molar-refractivity contribution in [1.82, 2.24) is 5.32 Å². The predicted molar refractivity (Wildman–Crippen MR) is 64.0 cm³/mol. The van der Waals surface area contributed by atoms with Crippen molar-refractivity contribution in [3.8, 4) is 17.2 Å². The first-order chi connectivity index (χ1) is 8.74. The van der Waals surface area contributed by atoms with Crippen molar-refractivity contribution < 1.29 is 19.4 Å². The van der Waals surface area contributed by atoms with Gasteiger partial charge in [-0.15, -0.1) is 0 Å². The molecule has 1 aromatic carbocycles. The number of ether oxygens (including phenoxy) is 2. The van der Waals surface area contributed by atoms with Gasteiger partial charge >= 0.3 is 0 Å². The highest BCUT2D eigenvalue weighted by Gasteiger charge is 2.23. The SMILES string of the molecule is O=C(NC1CCCC1)c1cc2c(cc1O)OCO2. The number of rotatable bonds is 2. The Morgan fingerprint density at radius 1 is 1.22 bits per heavy atom. The summed E-state index contributed by atoms with van der Waals surface area (Å²) in [4.78, 5) is 12.1. The maximum absolute atomic E-state index is 12.1. The molecule has 18 heavy (non-hydrogen) atoms. The molecule has 1 heterocycles. The van der Waals surface area contributed by atoms with E-state index in [1.54, 1.807) is 0 Å². The Bertz CT molecular complexity index is 480. The molecule has 0 aromatic heterocycles. The van der Waals surface area contributed by atoms with Crippen LogP contribution in [0.2, 0.25) is 0 Å². The Balaban J connectivity index is 1.80. The third kappa shape index (κ3) is 1.96. The van der Waals surface area contributed by atoms with Gasteiger partial charge in [0.25, 0.3) is 5.91 Å². The first-order valence-electron chi connectivity index (χ1n) is 6.17. The van der Waals surface area contributed by atoms with Gasteiger partial charge in [-0.05, 0) is 12.8 Å². The zero-order valence-electron chi connectivity index (χ0n) is 9.94. The van der Waals surface area contributed by atoms with E-state index in [4.69, 9.17) is 9.47 Å². The molecule has 2 aliphatic rings. The van der Waals surface area contributed by atoms with E-state index in [1.165, 1.54) is 12.1 Å². The maximum atomic E-state index is 12.1. The lowest BCUT2D eigenvalue weighted by molar-refractivity contribution is 0.0935. The predicted octanol–water partition coefficient (Wildman–Crippen LogP) is 1.79. The molecule has 1 aliphatic carbocycles. The van der Waals surface area contributed by atoms with Gasteiger partial charge in [0.15, 0.2) is 11.5 Å². The maximum Gasteiger partial charge on any atom is 0.255 e. The summed E-state index contributed by atoms with van der Waals surface area (Å²) >= 11 is 0. The molecule has 1 fully saturated rings. The van der Waals surface area contributed by atoms with E-state index < -0.39 is 0 Å². The number of phenolic OH excluding ortho intramolecular Hbond substituents is 1. The summed E-state index contributed by atoms with van der Waals surface area (Å²) in [5.41, 5.74) is 0.242. The first-order valence-corrected chi connectivity index (χ1v) is 6.17. The van der Waals surface area contributed by atoms with Gasteiger partial charge in [0.2, 0.25) is 6.79 Å². The number of hydrogen-bond acceptors (Lipinski definition) is 4. The minimum atomic E-state index is -0.252. The molecule has 0 spiro atoms. The third-order valence-electron chi connectivity index (χ3n) is 3.43. The van der Waals surface area contributed by atoms with E-state index in [2.05, 4.69) is 5.32 Å². The summed E-state index contributed by atoms with van der Waals surface area (Å²) in [5.74, 6) is 0.654. The first kappa shape index (κ1) is 11.2. The monoisotopic (exact) mass is 249 g/mol. The molecule has 0 radical (unpaired) electrons. The summed E-state index contributed by atoms with van der Waals surface area (Å²) in [6.07, 6.45) is 4.32. The van der Waals surface area contributed by atoms with E-state index in [9.17, 15) is 9.90 Å². The Labute approximate surface area is 105 Å². The van der Waals surface area contributed by atoms with Gasteiger partial charge < -0.3 is 19.9 Å². The molecule has 1 saturated carbocycles. The quantitative estimate of drug-likeness (QED) is 0.838. The minimum Gasteiger partial charge on any atom is -0.507 e. The summed E-state index contributed by atoms with van der Waals surface area (Å²) in [7, 11) is 0. The summed E-state index contributed by atoms with van der Waals surface area (Å²) in [6.45, 7) is 0.127. The van der Waals surface area contributed by atoms with Crippen LogP contribution in [0.5, 0.6) is 17.2 Å². The van der Waals surface area contributed by atoms with Gasteiger partial charge in [0.05, 0.1) is 5.56 Å². The van der Waals surface area contributed by atoms with E-state index >= 15 is 0 Å². The Hall–Kier alpha value is -1.91. The summed E-state index contributed by atoms with van der Waals surface area (Å²) in [6, 6.07) is 3.18. The molecule has 5 heteroatoms. The van der Waals surface area contributed by atoms with Crippen LogP contribution in [0, 0.1) is 0 Å². The average Bonchev–Trinajstić information content (AvgIpc) is 2.98. The molecule has 1 aromatic rings. The van der Waals surface area contributed by atoms with E-state index in [0.717, 1.165) is 25.7 Å². The molecule has 5 nitrogen and oxygen atoms in total. The molecule has 0 bridgehead atoms. The highest BCUT2D eigenvalue weighted by atomic mass is 16.7. The van der Waals surface area contributed by atoms with Crippen LogP contribution in [0.4, 0.5) is 0 Å². The topological polar surface area (TPSA) is 67.8 Å². The molecule has 0 atom stereocenters. The van der Waals surface area contributed by atoms with E-state index in [-0.39, 0.29) is 30.1 Å². The Kier molecular flexibility index (Phi) is 2.74. The smallest absolute Gasteiger partial charge is 0.255 e.